The molecule has 0 amide bonds. The highest BCUT2D eigenvalue weighted by Gasteiger charge is 2.01. The van der Waals surface area contributed by atoms with Crippen molar-refractivity contribution in [2.45, 2.75) is 13.0 Å². The lowest BCUT2D eigenvalue weighted by Gasteiger charge is -2.02. The van der Waals surface area contributed by atoms with Crippen LogP contribution in [0.3, 0.4) is 0 Å². The quantitative estimate of drug-likeness (QED) is 0.777. The molecular formula is C8H10F2N2O. The van der Waals surface area contributed by atoms with E-state index in [1.807, 2.05) is 0 Å². The van der Waals surface area contributed by atoms with Crippen molar-refractivity contribution in [2.75, 3.05) is 12.3 Å². The highest BCUT2D eigenvalue weighted by Crippen LogP contribution is 2.03. The largest absolute Gasteiger partial charge is 0.384 e. The number of anilines is 1. The Kier molecular flexibility index (Phi) is 3.57. The van der Waals surface area contributed by atoms with Crippen molar-refractivity contribution in [3.8, 4) is 0 Å². The lowest BCUT2D eigenvalue weighted by molar-refractivity contribution is 0.00980. The van der Waals surface area contributed by atoms with Crippen LogP contribution in [0, 0.1) is 0 Å². The number of halogens is 2. The molecule has 0 atom stereocenters. The van der Waals surface area contributed by atoms with E-state index in [-0.39, 0.29) is 6.61 Å². The lowest BCUT2D eigenvalue weighted by Crippen LogP contribution is -2.04. The molecule has 72 valence electrons. The summed E-state index contributed by atoms with van der Waals surface area (Å²) in [6.45, 7) is -0.415. The van der Waals surface area contributed by atoms with Crippen LogP contribution in [0.5, 0.6) is 0 Å². The number of nitrogen functional groups attached to an aromatic ring is 1. The Hall–Kier alpha value is -1.23. The number of aromatic nitrogens is 1. The van der Waals surface area contributed by atoms with Gasteiger partial charge in [0.1, 0.15) is 12.4 Å². The van der Waals surface area contributed by atoms with E-state index in [0.717, 1.165) is 5.56 Å². The average molecular weight is 188 g/mol. The number of nitrogens with two attached hydrogens (primary N) is 1. The molecule has 0 unspecified atom stereocenters. The summed E-state index contributed by atoms with van der Waals surface area (Å²) >= 11 is 0. The van der Waals surface area contributed by atoms with Crippen LogP contribution in [0.4, 0.5) is 14.6 Å². The van der Waals surface area contributed by atoms with Gasteiger partial charge in [-0.3, -0.25) is 0 Å². The third kappa shape index (κ3) is 3.80. The fourth-order valence-electron chi connectivity index (χ4n) is 0.787. The second kappa shape index (κ2) is 4.71. The van der Waals surface area contributed by atoms with Crippen LogP contribution in [0.1, 0.15) is 5.56 Å². The van der Waals surface area contributed by atoms with E-state index in [4.69, 9.17) is 10.5 Å². The standard InChI is InChI=1S/C8H10F2N2O/c9-7(10)5-13-4-6-1-2-8(11)12-3-6/h1-3,7H,4-5H2,(H2,11,12). The van der Waals surface area contributed by atoms with Gasteiger partial charge in [-0.2, -0.15) is 0 Å². The van der Waals surface area contributed by atoms with Gasteiger partial charge in [-0.1, -0.05) is 6.07 Å². The third-order valence-electron chi connectivity index (χ3n) is 1.36. The maximum Gasteiger partial charge on any atom is 0.261 e. The first-order valence-electron chi connectivity index (χ1n) is 3.75. The topological polar surface area (TPSA) is 48.1 Å². The molecule has 13 heavy (non-hydrogen) atoms. The summed E-state index contributed by atoms with van der Waals surface area (Å²) in [5, 5.41) is 0. The van der Waals surface area contributed by atoms with Crippen molar-refractivity contribution in [3.63, 3.8) is 0 Å². The Morgan fingerprint density at radius 1 is 1.46 bits per heavy atom. The summed E-state index contributed by atoms with van der Waals surface area (Å²) in [6, 6.07) is 3.29. The van der Waals surface area contributed by atoms with Gasteiger partial charge in [-0.15, -0.1) is 0 Å². The molecule has 0 saturated carbocycles. The number of ether oxygens (including phenoxy) is 1. The summed E-state index contributed by atoms with van der Waals surface area (Å²) < 4.78 is 28.0. The number of rotatable bonds is 4. The molecule has 0 radical (unpaired) electrons. The molecule has 1 rings (SSSR count). The van der Waals surface area contributed by atoms with Crippen LogP contribution in [-0.4, -0.2) is 18.0 Å². The van der Waals surface area contributed by atoms with Crippen molar-refractivity contribution in [3.05, 3.63) is 23.9 Å². The number of hydrogen-bond donors (Lipinski definition) is 1. The molecular weight excluding hydrogens is 178 g/mol. The smallest absolute Gasteiger partial charge is 0.261 e. The Morgan fingerprint density at radius 3 is 2.77 bits per heavy atom. The number of alkyl halides is 2. The molecule has 1 aromatic heterocycles. The van der Waals surface area contributed by atoms with Gasteiger partial charge in [0.15, 0.2) is 0 Å². The molecule has 0 aliphatic carbocycles. The molecule has 0 aliphatic rings. The van der Waals surface area contributed by atoms with Crippen LogP contribution < -0.4 is 5.73 Å². The summed E-state index contributed by atoms with van der Waals surface area (Å²) in [5.41, 5.74) is 6.06. The average Bonchev–Trinajstić information content (AvgIpc) is 2.08. The van der Waals surface area contributed by atoms with Gasteiger partial charge in [-0.05, 0) is 11.6 Å². The van der Waals surface area contributed by atoms with Crippen LogP contribution >= 0.6 is 0 Å². The van der Waals surface area contributed by atoms with E-state index in [0.29, 0.717) is 5.82 Å². The van der Waals surface area contributed by atoms with Crippen molar-refractivity contribution >= 4 is 5.82 Å². The van der Waals surface area contributed by atoms with E-state index in [9.17, 15) is 8.78 Å². The summed E-state index contributed by atoms with van der Waals surface area (Å²) in [7, 11) is 0. The number of pyridine rings is 1. The van der Waals surface area contributed by atoms with Gasteiger partial charge in [0, 0.05) is 6.20 Å². The van der Waals surface area contributed by atoms with E-state index >= 15 is 0 Å². The summed E-state index contributed by atoms with van der Waals surface area (Å²) in [5.74, 6) is 0.401. The summed E-state index contributed by atoms with van der Waals surface area (Å²) in [6.07, 6.45) is -0.928. The maximum absolute atomic E-state index is 11.6. The molecule has 0 aliphatic heterocycles. The second-order valence-corrected chi connectivity index (χ2v) is 2.50. The lowest BCUT2D eigenvalue weighted by atomic mass is 10.3. The van der Waals surface area contributed by atoms with E-state index < -0.39 is 13.0 Å². The van der Waals surface area contributed by atoms with Gasteiger partial charge < -0.3 is 10.5 Å². The van der Waals surface area contributed by atoms with E-state index in [1.165, 1.54) is 6.20 Å². The Morgan fingerprint density at radius 2 is 2.23 bits per heavy atom. The minimum absolute atomic E-state index is 0.137. The van der Waals surface area contributed by atoms with Gasteiger partial charge in [-0.25, -0.2) is 13.8 Å². The van der Waals surface area contributed by atoms with Crippen LogP contribution in [-0.2, 0) is 11.3 Å². The highest BCUT2D eigenvalue weighted by molar-refractivity contribution is 5.28. The van der Waals surface area contributed by atoms with Gasteiger partial charge in [0.2, 0.25) is 0 Å². The van der Waals surface area contributed by atoms with E-state index in [1.54, 1.807) is 12.1 Å². The minimum Gasteiger partial charge on any atom is -0.384 e. The SMILES string of the molecule is Nc1ccc(COCC(F)F)cn1. The predicted molar refractivity (Wildman–Crippen MR) is 44.3 cm³/mol. The van der Waals surface area contributed by atoms with Gasteiger partial charge in [0.05, 0.1) is 6.61 Å². The Bertz CT molecular complexity index is 251. The molecule has 0 aromatic carbocycles. The maximum atomic E-state index is 11.6. The molecule has 0 bridgehead atoms. The molecule has 1 heterocycles. The van der Waals surface area contributed by atoms with Crippen LogP contribution in [0.15, 0.2) is 18.3 Å². The molecule has 1 aromatic rings. The predicted octanol–water partition coefficient (Wildman–Crippen LogP) is 1.45. The minimum atomic E-state index is -2.43. The zero-order valence-electron chi connectivity index (χ0n) is 6.91. The van der Waals surface area contributed by atoms with Crippen molar-refractivity contribution in [1.29, 1.82) is 0 Å². The first-order valence-corrected chi connectivity index (χ1v) is 3.75. The number of nitrogens with zero attached hydrogens (tertiary/aromatic N) is 1. The number of hydrogen-bond acceptors (Lipinski definition) is 3. The molecule has 0 spiro atoms. The zero-order chi connectivity index (χ0) is 9.68. The molecule has 0 saturated heterocycles. The fourth-order valence-corrected chi connectivity index (χ4v) is 0.787. The fraction of sp³-hybridized carbons (Fsp3) is 0.375. The molecule has 5 heteroatoms. The normalized spacial score (nSPS) is 10.7. The van der Waals surface area contributed by atoms with E-state index in [2.05, 4.69) is 4.98 Å². The summed E-state index contributed by atoms with van der Waals surface area (Å²) in [4.78, 5) is 3.79. The second-order valence-electron chi connectivity index (χ2n) is 2.50. The molecule has 3 nitrogen and oxygen atoms in total. The molecule has 2 N–H and O–H groups in total. The first kappa shape index (κ1) is 9.85. The van der Waals surface area contributed by atoms with Crippen LogP contribution in [0.2, 0.25) is 0 Å². The Balaban J connectivity index is 2.33. The van der Waals surface area contributed by atoms with Gasteiger partial charge in [0.25, 0.3) is 6.43 Å². The highest BCUT2D eigenvalue weighted by atomic mass is 19.3. The van der Waals surface area contributed by atoms with Crippen molar-refractivity contribution in [1.82, 2.24) is 4.98 Å². The first-order chi connectivity index (χ1) is 6.18. The van der Waals surface area contributed by atoms with Gasteiger partial charge >= 0.3 is 0 Å². The molecule has 0 fully saturated rings. The van der Waals surface area contributed by atoms with Crippen LogP contribution in [0.25, 0.3) is 0 Å². The Labute approximate surface area is 74.5 Å². The monoisotopic (exact) mass is 188 g/mol. The van der Waals surface area contributed by atoms with Crippen molar-refractivity contribution < 1.29 is 13.5 Å². The zero-order valence-corrected chi connectivity index (χ0v) is 6.91. The third-order valence-corrected chi connectivity index (χ3v) is 1.36. The van der Waals surface area contributed by atoms with Crippen molar-refractivity contribution in [2.24, 2.45) is 0 Å².